The fourth-order valence-corrected chi connectivity index (χ4v) is 0.816. The third-order valence-corrected chi connectivity index (χ3v) is 1.74. The second-order valence-corrected chi connectivity index (χ2v) is 2.73. The lowest BCUT2D eigenvalue weighted by molar-refractivity contribution is 1.45. The third-order valence-electron chi connectivity index (χ3n) is 1.74. The third kappa shape index (κ3) is 5.02. The van der Waals surface area contributed by atoms with Gasteiger partial charge in [0.05, 0.1) is 0 Å². The smallest absolute Gasteiger partial charge is 0.0233 e. The van der Waals surface area contributed by atoms with Gasteiger partial charge in [-0.2, -0.15) is 0 Å². The van der Waals surface area contributed by atoms with Crippen LogP contribution in [0.3, 0.4) is 0 Å². The van der Waals surface area contributed by atoms with Crippen LogP contribution in [0.25, 0.3) is 6.08 Å². The first kappa shape index (κ1) is 11.7. The molecule has 1 aromatic carbocycles. The van der Waals surface area contributed by atoms with Gasteiger partial charge < -0.3 is 0 Å². The van der Waals surface area contributed by atoms with Crippen molar-refractivity contribution in [2.75, 3.05) is 0 Å². The van der Waals surface area contributed by atoms with Crippen LogP contribution in [0.2, 0.25) is 0 Å². The molecule has 0 aromatic heterocycles. The summed E-state index contributed by atoms with van der Waals surface area (Å²) in [5, 5.41) is 0. The Morgan fingerprint density at radius 1 is 1.08 bits per heavy atom. The first-order valence-corrected chi connectivity index (χ1v) is 4.51. The molecule has 0 saturated heterocycles. The van der Waals surface area contributed by atoms with Crippen LogP contribution in [0.15, 0.2) is 43.0 Å². The lowest BCUT2D eigenvalue weighted by Crippen LogP contribution is -1.75. The van der Waals surface area contributed by atoms with Crippen LogP contribution in [0, 0.1) is 6.92 Å². The Bertz CT molecular complexity index is 265. The summed E-state index contributed by atoms with van der Waals surface area (Å²) >= 11 is 0. The molecular weight excluding hydrogens is 156 g/mol. The highest BCUT2D eigenvalue weighted by Crippen LogP contribution is 2.06. The van der Waals surface area contributed by atoms with Crippen LogP contribution >= 0.6 is 0 Å². The number of hydrogen-bond donors (Lipinski definition) is 0. The Hall–Kier alpha value is -1.30. The molecule has 0 aliphatic rings. The molecule has 0 spiro atoms. The van der Waals surface area contributed by atoms with Crippen molar-refractivity contribution in [3.05, 3.63) is 54.1 Å². The summed E-state index contributed by atoms with van der Waals surface area (Å²) in [5.41, 5.74) is 2.50. The monoisotopic (exact) mass is 174 g/mol. The van der Waals surface area contributed by atoms with Crippen LogP contribution in [0.1, 0.15) is 25.0 Å². The summed E-state index contributed by atoms with van der Waals surface area (Å²) in [6.07, 6.45) is 5.87. The van der Waals surface area contributed by atoms with Gasteiger partial charge in [-0.15, -0.1) is 0 Å². The molecule has 1 aromatic rings. The maximum absolute atomic E-state index is 3.69. The Kier molecular flexibility index (Phi) is 6.62. The SMILES string of the molecule is C/C=C/C.C=Cc1ccccc1C. The summed E-state index contributed by atoms with van der Waals surface area (Å²) in [6.45, 7) is 9.77. The van der Waals surface area contributed by atoms with Crippen molar-refractivity contribution in [2.45, 2.75) is 20.8 Å². The average Bonchev–Trinajstić information content (AvgIpc) is 2.19. The second kappa shape index (κ2) is 7.35. The maximum atomic E-state index is 3.69. The van der Waals surface area contributed by atoms with Crippen molar-refractivity contribution >= 4 is 6.08 Å². The molecule has 0 amide bonds. The van der Waals surface area contributed by atoms with Crippen molar-refractivity contribution in [3.8, 4) is 0 Å². The Morgan fingerprint density at radius 2 is 1.62 bits per heavy atom. The van der Waals surface area contributed by atoms with Gasteiger partial charge in [0.2, 0.25) is 0 Å². The van der Waals surface area contributed by atoms with Crippen molar-refractivity contribution in [1.82, 2.24) is 0 Å². The van der Waals surface area contributed by atoms with E-state index in [9.17, 15) is 0 Å². The van der Waals surface area contributed by atoms with E-state index in [1.54, 1.807) is 0 Å². The summed E-state index contributed by atoms with van der Waals surface area (Å²) in [7, 11) is 0. The van der Waals surface area contributed by atoms with Gasteiger partial charge in [0.15, 0.2) is 0 Å². The minimum Gasteiger partial charge on any atom is -0.0985 e. The van der Waals surface area contributed by atoms with Gasteiger partial charge in [0, 0.05) is 0 Å². The van der Waals surface area contributed by atoms with Gasteiger partial charge >= 0.3 is 0 Å². The molecule has 0 heteroatoms. The molecule has 70 valence electrons. The van der Waals surface area contributed by atoms with E-state index in [0.29, 0.717) is 0 Å². The fraction of sp³-hybridized carbons (Fsp3) is 0.231. The summed E-state index contributed by atoms with van der Waals surface area (Å²) < 4.78 is 0. The molecule has 0 atom stereocenters. The lowest BCUT2D eigenvalue weighted by atomic mass is 10.1. The number of hydrogen-bond acceptors (Lipinski definition) is 0. The molecule has 0 bridgehead atoms. The zero-order valence-electron chi connectivity index (χ0n) is 8.75. The minimum absolute atomic E-state index is 1.22. The summed E-state index contributed by atoms with van der Waals surface area (Å²) in [4.78, 5) is 0. The van der Waals surface area contributed by atoms with E-state index in [1.165, 1.54) is 11.1 Å². The molecule has 0 unspecified atom stereocenters. The van der Waals surface area contributed by atoms with Crippen LogP contribution in [-0.2, 0) is 0 Å². The molecule has 0 aliphatic carbocycles. The zero-order chi connectivity index (χ0) is 10.1. The molecule has 0 nitrogen and oxygen atoms in total. The van der Waals surface area contributed by atoms with E-state index in [4.69, 9.17) is 0 Å². The lowest BCUT2D eigenvalue weighted by Gasteiger charge is -1.95. The minimum atomic E-state index is 1.22. The quantitative estimate of drug-likeness (QED) is 0.559. The summed E-state index contributed by atoms with van der Waals surface area (Å²) in [6, 6.07) is 8.19. The van der Waals surface area contributed by atoms with Gasteiger partial charge in [-0.1, -0.05) is 49.1 Å². The van der Waals surface area contributed by atoms with Gasteiger partial charge in [-0.05, 0) is 31.9 Å². The highest BCUT2D eigenvalue weighted by molar-refractivity contribution is 5.50. The molecule has 0 saturated carbocycles. The zero-order valence-corrected chi connectivity index (χ0v) is 8.75. The molecule has 1 rings (SSSR count). The molecule has 0 N–H and O–H groups in total. The first-order valence-electron chi connectivity index (χ1n) is 4.51. The predicted molar refractivity (Wildman–Crippen MR) is 61.8 cm³/mol. The number of aryl methyl sites for hydroxylation is 1. The molecule has 0 fully saturated rings. The van der Waals surface area contributed by atoms with E-state index in [0.717, 1.165) is 0 Å². The highest BCUT2D eigenvalue weighted by Gasteiger charge is 1.86. The van der Waals surface area contributed by atoms with Crippen LogP contribution < -0.4 is 0 Å². The van der Waals surface area contributed by atoms with E-state index >= 15 is 0 Å². The molecule has 0 heterocycles. The standard InChI is InChI=1S/C9H10.C4H8/c1-3-9-7-5-4-6-8(9)2;1-3-4-2/h3-7H,1H2,2H3;3-4H,1-2H3/b;4-3+. The Labute approximate surface area is 81.6 Å². The van der Waals surface area contributed by atoms with E-state index in [1.807, 2.05) is 44.2 Å². The Balaban J connectivity index is 0.000000310. The molecule has 13 heavy (non-hydrogen) atoms. The normalized spacial score (nSPS) is 9.15. The molecule has 0 radical (unpaired) electrons. The molecule has 0 aliphatic heterocycles. The predicted octanol–water partition coefficient (Wildman–Crippen LogP) is 4.22. The van der Waals surface area contributed by atoms with Crippen LogP contribution in [0.4, 0.5) is 0 Å². The van der Waals surface area contributed by atoms with Crippen molar-refractivity contribution in [2.24, 2.45) is 0 Å². The summed E-state index contributed by atoms with van der Waals surface area (Å²) in [5.74, 6) is 0. The van der Waals surface area contributed by atoms with Gasteiger partial charge in [-0.3, -0.25) is 0 Å². The van der Waals surface area contributed by atoms with Crippen molar-refractivity contribution < 1.29 is 0 Å². The van der Waals surface area contributed by atoms with Gasteiger partial charge in [0.25, 0.3) is 0 Å². The van der Waals surface area contributed by atoms with Crippen molar-refractivity contribution in [1.29, 1.82) is 0 Å². The van der Waals surface area contributed by atoms with E-state index in [-0.39, 0.29) is 0 Å². The average molecular weight is 174 g/mol. The van der Waals surface area contributed by atoms with Crippen molar-refractivity contribution in [3.63, 3.8) is 0 Å². The number of benzene rings is 1. The van der Waals surface area contributed by atoms with E-state index in [2.05, 4.69) is 25.6 Å². The topological polar surface area (TPSA) is 0 Å². The van der Waals surface area contributed by atoms with Crippen LogP contribution in [0.5, 0.6) is 0 Å². The molecular formula is C13H18. The van der Waals surface area contributed by atoms with E-state index < -0.39 is 0 Å². The maximum Gasteiger partial charge on any atom is -0.0233 e. The second-order valence-electron chi connectivity index (χ2n) is 2.73. The number of rotatable bonds is 1. The highest BCUT2D eigenvalue weighted by atomic mass is 13.9. The largest absolute Gasteiger partial charge is 0.0985 e. The van der Waals surface area contributed by atoms with Gasteiger partial charge in [-0.25, -0.2) is 0 Å². The van der Waals surface area contributed by atoms with Crippen LogP contribution in [-0.4, -0.2) is 0 Å². The van der Waals surface area contributed by atoms with Gasteiger partial charge in [0.1, 0.15) is 0 Å². The Morgan fingerprint density at radius 3 is 1.92 bits per heavy atom. The fourth-order valence-electron chi connectivity index (χ4n) is 0.816. The number of allylic oxidation sites excluding steroid dienone is 2. The first-order chi connectivity index (χ1) is 6.26.